The van der Waals surface area contributed by atoms with E-state index in [1.807, 2.05) is 49.3 Å². The second kappa shape index (κ2) is 8.12. The lowest BCUT2D eigenvalue weighted by atomic mass is 10.1. The molecule has 0 bridgehead atoms. The number of nitrogens with one attached hydrogen (secondary N) is 2. The zero-order valence-corrected chi connectivity index (χ0v) is 16.9. The van der Waals surface area contributed by atoms with Crippen LogP contribution in [0.4, 0.5) is 0 Å². The number of hydrogen-bond acceptors (Lipinski definition) is 5. The maximum absolute atomic E-state index is 12.5. The minimum Gasteiger partial charge on any atom is -0.352 e. The zero-order chi connectivity index (χ0) is 20.3. The zero-order valence-electron chi connectivity index (χ0n) is 16.1. The van der Waals surface area contributed by atoms with Crippen molar-refractivity contribution in [1.82, 2.24) is 14.9 Å². The highest BCUT2D eigenvalue weighted by molar-refractivity contribution is 7.90. The minimum atomic E-state index is -3.62. The number of fused-ring (bicyclic) bond motifs is 1. The number of sulfonamides is 1. The van der Waals surface area contributed by atoms with Gasteiger partial charge in [-0.1, -0.05) is 42.5 Å². The fourth-order valence-electron chi connectivity index (χ4n) is 3.10. The molecule has 8 heteroatoms. The lowest BCUT2D eigenvalue weighted by Gasteiger charge is -2.25. The van der Waals surface area contributed by atoms with E-state index in [4.69, 9.17) is 0 Å². The van der Waals surface area contributed by atoms with Crippen molar-refractivity contribution in [3.05, 3.63) is 65.7 Å². The van der Waals surface area contributed by atoms with E-state index in [9.17, 15) is 13.2 Å². The van der Waals surface area contributed by atoms with Gasteiger partial charge in [-0.15, -0.1) is 0 Å². The topological polar surface area (TPSA) is 90.9 Å². The van der Waals surface area contributed by atoms with E-state index >= 15 is 0 Å². The van der Waals surface area contributed by atoms with Crippen molar-refractivity contribution in [3.63, 3.8) is 0 Å². The van der Waals surface area contributed by atoms with Crippen molar-refractivity contribution >= 4 is 21.8 Å². The molecule has 2 aromatic carbocycles. The minimum absolute atomic E-state index is 0.0238. The van der Waals surface area contributed by atoms with Gasteiger partial charge in [0.2, 0.25) is 5.91 Å². The van der Waals surface area contributed by atoms with Crippen molar-refractivity contribution in [2.75, 3.05) is 20.6 Å². The van der Waals surface area contributed by atoms with E-state index in [-0.39, 0.29) is 22.7 Å². The van der Waals surface area contributed by atoms with Gasteiger partial charge in [-0.05, 0) is 38.7 Å². The number of carbonyl (C=O) groups excluding carboxylic acids is 1. The van der Waals surface area contributed by atoms with Gasteiger partial charge < -0.3 is 10.2 Å². The van der Waals surface area contributed by atoms with Crippen LogP contribution in [0.1, 0.15) is 24.1 Å². The van der Waals surface area contributed by atoms with Gasteiger partial charge in [-0.25, -0.2) is 8.42 Å². The molecular weight excluding hydrogens is 376 g/mol. The molecular formula is C20H24N4O3S. The lowest BCUT2D eigenvalue weighted by molar-refractivity contribution is -0.122. The van der Waals surface area contributed by atoms with Crippen molar-refractivity contribution in [1.29, 1.82) is 0 Å². The summed E-state index contributed by atoms with van der Waals surface area (Å²) in [5.41, 5.74) is 1.59. The fourth-order valence-corrected chi connectivity index (χ4v) is 4.34. The molecule has 3 rings (SSSR count). The van der Waals surface area contributed by atoms with E-state index in [0.29, 0.717) is 12.1 Å². The molecule has 0 aliphatic carbocycles. The second-order valence-corrected chi connectivity index (χ2v) is 8.54. The van der Waals surface area contributed by atoms with Crippen molar-refractivity contribution in [3.8, 4) is 0 Å². The van der Waals surface area contributed by atoms with Crippen LogP contribution in [0.2, 0.25) is 0 Å². The Kier molecular flexibility index (Phi) is 5.81. The smallest absolute Gasteiger partial charge is 0.263 e. The summed E-state index contributed by atoms with van der Waals surface area (Å²) in [6, 6.07) is 15.8. The normalized spacial score (nSPS) is 18.4. The first kappa shape index (κ1) is 20.0. The maximum Gasteiger partial charge on any atom is 0.263 e. The molecule has 1 aliphatic heterocycles. The fraction of sp³-hybridized carbons (Fsp3) is 0.300. The van der Waals surface area contributed by atoms with E-state index in [0.717, 1.165) is 5.56 Å². The first-order valence-electron chi connectivity index (χ1n) is 8.98. The molecule has 0 spiro atoms. The number of benzene rings is 2. The van der Waals surface area contributed by atoms with E-state index in [1.165, 1.54) is 6.07 Å². The number of amides is 1. The largest absolute Gasteiger partial charge is 0.352 e. The highest BCUT2D eigenvalue weighted by atomic mass is 32.2. The van der Waals surface area contributed by atoms with Gasteiger partial charge in [0.15, 0.2) is 0 Å². The molecule has 2 N–H and O–H groups in total. The van der Waals surface area contributed by atoms with Gasteiger partial charge in [-0.3, -0.25) is 14.5 Å². The van der Waals surface area contributed by atoms with Crippen LogP contribution in [0.5, 0.6) is 0 Å². The van der Waals surface area contributed by atoms with Crippen LogP contribution in [0, 0.1) is 0 Å². The van der Waals surface area contributed by atoms with Crippen LogP contribution in [-0.2, 0) is 14.8 Å². The Labute approximate surface area is 165 Å². The molecule has 0 fully saturated rings. The highest BCUT2D eigenvalue weighted by Gasteiger charge is 2.31. The van der Waals surface area contributed by atoms with Crippen molar-refractivity contribution in [2.24, 2.45) is 4.99 Å². The number of carbonyl (C=O) groups is 1. The second-order valence-electron chi connectivity index (χ2n) is 6.89. The number of rotatable bonds is 6. The van der Waals surface area contributed by atoms with Gasteiger partial charge in [0, 0.05) is 12.1 Å². The summed E-state index contributed by atoms with van der Waals surface area (Å²) in [7, 11) is 0.294. The number of aliphatic imine (C=N–C) groups is 1. The predicted molar refractivity (Wildman–Crippen MR) is 109 cm³/mol. The third-order valence-corrected chi connectivity index (χ3v) is 6.04. The molecule has 0 radical (unpaired) electrons. The Hall–Kier alpha value is -2.71. The number of likely N-dealkylation sites (N-methyl/N-ethyl adjacent to an activating group) is 1. The Bertz CT molecular complexity index is 988. The van der Waals surface area contributed by atoms with Crippen molar-refractivity contribution < 1.29 is 13.2 Å². The summed E-state index contributed by atoms with van der Waals surface area (Å²) in [5, 5.41) is 2.92. The quantitative estimate of drug-likeness (QED) is 0.769. The molecule has 148 valence electrons. The van der Waals surface area contributed by atoms with Gasteiger partial charge in [-0.2, -0.15) is 0 Å². The van der Waals surface area contributed by atoms with Crippen LogP contribution < -0.4 is 10.0 Å². The van der Waals surface area contributed by atoms with E-state index in [2.05, 4.69) is 15.0 Å². The lowest BCUT2D eigenvalue weighted by Crippen LogP contribution is -2.39. The summed E-state index contributed by atoms with van der Waals surface area (Å²) in [4.78, 5) is 19.1. The first-order chi connectivity index (χ1) is 13.3. The van der Waals surface area contributed by atoms with Crippen molar-refractivity contribution in [2.45, 2.75) is 23.9 Å². The van der Waals surface area contributed by atoms with Gasteiger partial charge in [0.1, 0.15) is 11.9 Å². The Morgan fingerprint density at radius 2 is 1.75 bits per heavy atom. The molecule has 0 saturated heterocycles. The molecule has 1 aliphatic rings. The monoisotopic (exact) mass is 400 g/mol. The average molecular weight is 401 g/mol. The Morgan fingerprint density at radius 1 is 1.11 bits per heavy atom. The SMILES string of the molecule is C[C@H](N=C1NS(=O)(=O)c2ccccc21)C(=O)NC[C@@H](c1ccccc1)N(C)C. The van der Waals surface area contributed by atoms with Crippen LogP contribution in [0.25, 0.3) is 0 Å². The Morgan fingerprint density at radius 3 is 2.43 bits per heavy atom. The third kappa shape index (κ3) is 4.23. The molecule has 2 aromatic rings. The van der Waals surface area contributed by atoms with Crippen LogP contribution in [0.15, 0.2) is 64.5 Å². The molecule has 0 aromatic heterocycles. The summed E-state index contributed by atoms with van der Waals surface area (Å²) in [6.45, 7) is 2.07. The molecule has 0 unspecified atom stereocenters. The molecule has 1 amide bonds. The standard InChI is InChI=1S/C20H24N4O3S/c1-14(22-19-16-11-7-8-12-18(16)28(26,27)23-19)20(25)21-13-17(24(2)3)15-9-5-4-6-10-15/h4-12,14,17H,13H2,1-3H3,(H,21,25)(H,22,23)/t14-,17-/m0/s1. The van der Waals surface area contributed by atoms with E-state index < -0.39 is 16.1 Å². The van der Waals surface area contributed by atoms with Gasteiger partial charge in [0.05, 0.1) is 10.9 Å². The molecule has 1 heterocycles. The van der Waals surface area contributed by atoms with Crippen LogP contribution in [-0.4, -0.2) is 51.7 Å². The highest BCUT2D eigenvalue weighted by Crippen LogP contribution is 2.22. The number of hydrogen-bond donors (Lipinski definition) is 2. The summed E-state index contributed by atoms with van der Waals surface area (Å²) < 4.78 is 26.8. The third-order valence-electron chi connectivity index (χ3n) is 4.64. The molecule has 28 heavy (non-hydrogen) atoms. The molecule has 2 atom stereocenters. The van der Waals surface area contributed by atoms with Gasteiger partial charge in [0.25, 0.3) is 10.0 Å². The van der Waals surface area contributed by atoms with Gasteiger partial charge >= 0.3 is 0 Å². The molecule has 7 nitrogen and oxygen atoms in total. The molecule has 0 saturated carbocycles. The van der Waals surface area contributed by atoms with E-state index in [1.54, 1.807) is 25.1 Å². The summed E-state index contributed by atoms with van der Waals surface area (Å²) >= 11 is 0. The first-order valence-corrected chi connectivity index (χ1v) is 10.5. The maximum atomic E-state index is 12.5. The number of amidine groups is 1. The average Bonchev–Trinajstić information content (AvgIpc) is 2.93. The summed E-state index contributed by atoms with van der Waals surface area (Å²) in [5.74, 6) is -0.0654. The van der Waals surface area contributed by atoms with Crippen LogP contribution in [0.3, 0.4) is 0 Å². The Balaban J connectivity index is 1.71. The summed E-state index contributed by atoms with van der Waals surface area (Å²) in [6.07, 6.45) is 0. The van der Waals surface area contributed by atoms with Crippen LogP contribution >= 0.6 is 0 Å². The predicted octanol–water partition coefficient (Wildman–Crippen LogP) is 1.53. The number of nitrogens with zero attached hydrogens (tertiary/aromatic N) is 2.